The van der Waals surface area contributed by atoms with Crippen LogP contribution in [0.15, 0.2) is 36.1 Å². The van der Waals surface area contributed by atoms with Crippen molar-refractivity contribution in [2.45, 2.75) is 20.8 Å². The number of aryl methyl sites for hydroxylation is 2. The molecule has 0 aliphatic carbocycles. The van der Waals surface area contributed by atoms with E-state index < -0.39 is 0 Å². The molecule has 0 amide bonds. The third kappa shape index (κ3) is 2.87. The highest BCUT2D eigenvalue weighted by Gasteiger charge is 2.28. The van der Waals surface area contributed by atoms with Crippen LogP contribution in [0.2, 0.25) is 0 Å². The maximum Gasteiger partial charge on any atom is 0.231 e. The maximum atomic E-state index is 12.5. The van der Waals surface area contributed by atoms with Crippen molar-refractivity contribution in [3.8, 4) is 17.2 Å². The SMILES string of the molecule is CCOc1ccc(/C=C2\Oc3cc(C)c(C)cc3C2=O)cc1OC. The van der Waals surface area contributed by atoms with Gasteiger partial charge >= 0.3 is 0 Å². The quantitative estimate of drug-likeness (QED) is 0.785. The largest absolute Gasteiger partial charge is 0.493 e. The lowest BCUT2D eigenvalue weighted by molar-refractivity contribution is 0.101. The third-order valence-corrected chi connectivity index (χ3v) is 4.07. The summed E-state index contributed by atoms with van der Waals surface area (Å²) in [4.78, 5) is 12.5. The van der Waals surface area contributed by atoms with Gasteiger partial charge in [0.1, 0.15) is 5.75 Å². The van der Waals surface area contributed by atoms with Crippen molar-refractivity contribution in [3.63, 3.8) is 0 Å². The number of benzene rings is 2. The Balaban J connectivity index is 1.94. The second kappa shape index (κ2) is 6.40. The normalized spacial score (nSPS) is 14.5. The van der Waals surface area contributed by atoms with Crippen molar-refractivity contribution in [3.05, 3.63) is 58.3 Å². The smallest absolute Gasteiger partial charge is 0.231 e. The van der Waals surface area contributed by atoms with Crippen molar-refractivity contribution in [1.29, 1.82) is 0 Å². The van der Waals surface area contributed by atoms with Gasteiger partial charge in [-0.05, 0) is 67.8 Å². The molecule has 2 aromatic rings. The third-order valence-electron chi connectivity index (χ3n) is 4.07. The molecule has 124 valence electrons. The number of rotatable bonds is 4. The molecule has 0 saturated carbocycles. The molecule has 0 N–H and O–H groups in total. The molecule has 0 saturated heterocycles. The molecule has 0 spiro atoms. The van der Waals surface area contributed by atoms with Gasteiger partial charge in [0.05, 0.1) is 19.3 Å². The van der Waals surface area contributed by atoms with E-state index in [0.29, 0.717) is 35.2 Å². The Labute approximate surface area is 141 Å². The van der Waals surface area contributed by atoms with E-state index in [1.807, 2.05) is 51.1 Å². The minimum atomic E-state index is -0.0963. The van der Waals surface area contributed by atoms with Gasteiger partial charge in [-0.25, -0.2) is 0 Å². The summed E-state index contributed by atoms with van der Waals surface area (Å²) in [7, 11) is 1.59. The number of carbonyl (C=O) groups is 1. The Morgan fingerprint density at radius 3 is 2.54 bits per heavy atom. The number of ketones is 1. The zero-order valence-corrected chi connectivity index (χ0v) is 14.3. The number of fused-ring (bicyclic) bond motifs is 1. The zero-order valence-electron chi connectivity index (χ0n) is 14.3. The molecule has 24 heavy (non-hydrogen) atoms. The monoisotopic (exact) mass is 324 g/mol. The van der Waals surface area contributed by atoms with Gasteiger partial charge in [0, 0.05) is 0 Å². The van der Waals surface area contributed by atoms with Crippen LogP contribution in [0.25, 0.3) is 6.08 Å². The molecular weight excluding hydrogens is 304 g/mol. The Morgan fingerprint density at radius 1 is 1.08 bits per heavy atom. The van der Waals surface area contributed by atoms with E-state index in [2.05, 4.69) is 0 Å². The van der Waals surface area contributed by atoms with Gasteiger partial charge in [0.15, 0.2) is 17.3 Å². The number of carbonyl (C=O) groups excluding carboxylic acids is 1. The Bertz CT molecular complexity index is 834. The van der Waals surface area contributed by atoms with E-state index in [1.165, 1.54) is 0 Å². The van der Waals surface area contributed by atoms with Gasteiger partial charge < -0.3 is 14.2 Å². The summed E-state index contributed by atoms with van der Waals surface area (Å²) in [5.74, 6) is 2.14. The summed E-state index contributed by atoms with van der Waals surface area (Å²) in [6.45, 7) is 6.47. The first-order valence-electron chi connectivity index (χ1n) is 7.89. The fourth-order valence-electron chi connectivity index (χ4n) is 2.64. The first-order valence-corrected chi connectivity index (χ1v) is 7.89. The first-order chi connectivity index (χ1) is 11.5. The molecule has 0 fully saturated rings. The van der Waals surface area contributed by atoms with E-state index in [1.54, 1.807) is 13.2 Å². The van der Waals surface area contributed by atoms with Gasteiger partial charge in [-0.2, -0.15) is 0 Å². The zero-order chi connectivity index (χ0) is 17.3. The van der Waals surface area contributed by atoms with Crippen LogP contribution in [0.3, 0.4) is 0 Å². The number of hydrogen-bond donors (Lipinski definition) is 0. The topological polar surface area (TPSA) is 44.8 Å². The summed E-state index contributed by atoms with van der Waals surface area (Å²) >= 11 is 0. The van der Waals surface area contributed by atoms with Crippen LogP contribution in [-0.4, -0.2) is 19.5 Å². The van der Waals surface area contributed by atoms with Gasteiger partial charge in [-0.1, -0.05) is 6.07 Å². The Kier molecular flexibility index (Phi) is 4.30. The van der Waals surface area contributed by atoms with Crippen molar-refractivity contribution in [2.75, 3.05) is 13.7 Å². The van der Waals surface area contributed by atoms with Crippen molar-refractivity contribution >= 4 is 11.9 Å². The van der Waals surface area contributed by atoms with Crippen LogP contribution in [-0.2, 0) is 0 Å². The molecule has 1 aliphatic heterocycles. The second-order valence-corrected chi connectivity index (χ2v) is 5.72. The lowest BCUT2D eigenvalue weighted by atomic mass is 10.0. The molecule has 0 atom stereocenters. The minimum absolute atomic E-state index is 0.0963. The van der Waals surface area contributed by atoms with Gasteiger partial charge in [-0.3, -0.25) is 4.79 Å². The number of allylic oxidation sites excluding steroid dienone is 1. The number of Topliss-reactive ketones (excluding diaryl/α,β-unsaturated/α-hetero) is 1. The van der Waals surface area contributed by atoms with Crippen LogP contribution in [0.4, 0.5) is 0 Å². The van der Waals surface area contributed by atoms with Crippen LogP contribution in [0.5, 0.6) is 17.2 Å². The van der Waals surface area contributed by atoms with Crippen molar-refractivity contribution in [2.24, 2.45) is 0 Å². The number of ether oxygens (including phenoxy) is 3. The van der Waals surface area contributed by atoms with Gasteiger partial charge in [0.2, 0.25) is 5.78 Å². The predicted molar refractivity (Wildman–Crippen MR) is 93.0 cm³/mol. The van der Waals surface area contributed by atoms with Gasteiger partial charge in [-0.15, -0.1) is 0 Å². The van der Waals surface area contributed by atoms with Crippen LogP contribution in [0.1, 0.15) is 34.0 Å². The lowest BCUT2D eigenvalue weighted by Gasteiger charge is -2.09. The van der Waals surface area contributed by atoms with E-state index in [0.717, 1.165) is 16.7 Å². The highest BCUT2D eigenvalue weighted by atomic mass is 16.5. The molecule has 3 rings (SSSR count). The highest BCUT2D eigenvalue weighted by Crippen LogP contribution is 2.35. The maximum absolute atomic E-state index is 12.5. The predicted octanol–water partition coefficient (Wildman–Crippen LogP) is 4.33. The second-order valence-electron chi connectivity index (χ2n) is 5.72. The van der Waals surface area contributed by atoms with Crippen LogP contribution < -0.4 is 14.2 Å². The minimum Gasteiger partial charge on any atom is -0.493 e. The first kappa shape index (κ1) is 16.1. The lowest BCUT2D eigenvalue weighted by Crippen LogP contribution is -1.99. The Hall–Kier alpha value is -2.75. The molecule has 4 nitrogen and oxygen atoms in total. The van der Waals surface area contributed by atoms with E-state index >= 15 is 0 Å². The standard InChI is InChI=1S/C20H20O4/c1-5-23-16-7-6-14(10-18(16)22-4)11-19-20(21)15-8-12(2)13(3)9-17(15)24-19/h6-11H,5H2,1-4H3/b19-11-. The number of hydrogen-bond acceptors (Lipinski definition) is 4. The van der Waals surface area contributed by atoms with E-state index in [4.69, 9.17) is 14.2 Å². The summed E-state index contributed by atoms with van der Waals surface area (Å²) in [6.07, 6.45) is 1.73. The van der Waals surface area contributed by atoms with Crippen molar-refractivity contribution < 1.29 is 19.0 Å². The molecule has 0 bridgehead atoms. The molecule has 0 unspecified atom stereocenters. The summed E-state index contributed by atoms with van der Waals surface area (Å²) < 4.78 is 16.6. The highest BCUT2D eigenvalue weighted by molar-refractivity contribution is 6.14. The molecule has 1 heterocycles. The van der Waals surface area contributed by atoms with Crippen LogP contribution >= 0.6 is 0 Å². The molecule has 4 heteroatoms. The van der Waals surface area contributed by atoms with Gasteiger partial charge in [0.25, 0.3) is 0 Å². The summed E-state index contributed by atoms with van der Waals surface area (Å²) in [5, 5.41) is 0. The molecule has 1 aliphatic rings. The summed E-state index contributed by atoms with van der Waals surface area (Å²) in [6, 6.07) is 9.31. The molecule has 2 aromatic carbocycles. The van der Waals surface area contributed by atoms with E-state index in [9.17, 15) is 4.79 Å². The van der Waals surface area contributed by atoms with E-state index in [-0.39, 0.29) is 5.78 Å². The molecular formula is C20H20O4. The fraction of sp³-hybridized carbons (Fsp3) is 0.250. The average molecular weight is 324 g/mol. The Morgan fingerprint density at radius 2 is 1.83 bits per heavy atom. The summed E-state index contributed by atoms with van der Waals surface area (Å²) in [5.41, 5.74) is 3.61. The molecule has 0 radical (unpaired) electrons. The number of methoxy groups -OCH3 is 1. The van der Waals surface area contributed by atoms with Crippen LogP contribution in [0, 0.1) is 13.8 Å². The molecule has 0 aromatic heterocycles. The van der Waals surface area contributed by atoms with Crippen molar-refractivity contribution in [1.82, 2.24) is 0 Å². The average Bonchev–Trinajstić information content (AvgIpc) is 2.85. The fourth-order valence-corrected chi connectivity index (χ4v) is 2.64.